The zero-order chi connectivity index (χ0) is 13.2. The quantitative estimate of drug-likeness (QED) is 0.882. The molecule has 3 heteroatoms. The smallest absolute Gasteiger partial charge is 0.255 e. The summed E-state index contributed by atoms with van der Waals surface area (Å²) in [6.07, 6.45) is 3.62. The molecule has 1 saturated carbocycles. The highest BCUT2D eigenvalue weighted by Gasteiger charge is 2.21. The lowest BCUT2D eigenvalue weighted by Gasteiger charge is -2.08. The average Bonchev–Trinajstić information content (AvgIpc) is 3.23. The van der Waals surface area contributed by atoms with Gasteiger partial charge < -0.3 is 10.4 Å². The second-order valence-corrected chi connectivity index (χ2v) is 5.17. The number of amides is 1. The van der Waals surface area contributed by atoms with Crippen molar-refractivity contribution in [3.63, 3.8) is 0 Å². The van der Waals surface area contributed by atoms with Gasteiger partial charge in [-0.3, -0.25) is 4.79 Å². The van der Waals surface area contributed by atoms with E-state index in [1.54, 1.807) is 6.07 Å². The fraction of sp³-hybridized carbons (Fsp3) is 0.312. The molecule has 98 valence electrons. The molecule has 2 aromatic carbocycles. The van der Waals surface area contributed by atoms with E-state index in [4.69, 9.17) is 0 Å². The molecule has 0 radical (unpaired) electrons. The van der Waals surface area contributed by atoms with Crippen LogP contribution in [0.15, 0.2) is 36.4 Å². The summed E-state index contributed by atoms with van der Waals surface area (Å²) in [6, 6.07) is 11.1. The summed E-state index contributed by atoms with van der Waals surface area (Å²) >= 11 is 0. The summed E-state index contributed by atoms with van der Waals surface area (Å²) in [7, 11) is 0. The Bertz CT molecular complexity index is 617. The van der Waals surface area contributed by atoms with Crippen LogP contribution in [0.4, 0.5) is 0 Å². The molecule has 1 fully saturated rings. The van der Waals surface area contributed by atoms with Crippen LogP contribution in [0.1, 0.15) is 29.6 Å². The van der Waals surface area contributed by atoms with Crippen LogP contribution in [0.2, 0.25) is 0 Å². The van der Waals surface area contributed by atoms with Crippen molar-refractivity contribution >= 4 is 16.7 Å². The van der Waals surface area contributed by atoms with Gasteiger partial charge in [-0.15, -0.1) is 0 Å². The number of phenols is 1. The number of carbonyl (C=O) groups is 1. The molecule has 1 amide bonds. The van der Waals surface area contributed by atoms with Gasteiger partial charge in [-0.2, -0.15) is 0 Å². The Labute approximate surface area is 112 Å². The highest BCUT2D eigenvalue weighted by molar-refractivity contribution is 6.03. The standard InChI is InChI=1S/C16H17NO2/c18-15-13-4-2-1-3-12(13)7-8-14(15)16(19)17-10-9-11-5-6-11/h1-4,7-8,11,18H,5-6,9-10H2,(H,17,19). The van der Waals surface area contributed by atoms with E-state index in [-0.39, 0.29) is 11.7 Å². The van der Waals surface area contributed by atoms with Gasteiger partial charge in [0.25, 0.3) is 5.91 Å². The van der Waals surface area contributed by atoms with Gasteiger partial charge in [0, 0.05) is 11.9 Å². The number of carbonyl (C=O) groups excluding carboxylic acids is 1. The largest absolute Gasteiger partial charge is 0.506 e. The Kier molecular flexibility index (Phi) is 3.11. The van der Waals surface area contributed by atoms with Crippen LogP contribution < -0.4 is 5.32 Å². The molecule has 1 aliphatic rings. The van der Waals surface area contributed by atoms with Gasteiger partial charge in [-0.1, -0.05) is 43.2 Å². The Hall–Kier alpha value is -2.03. The summed E-state index contributed by atoms with van der Waals surface area (Å²) < 4.78 is 0. The van der Waals surface area contributed by atoms with Crippen LogP contribution in [0.25, 0.3) is 10.8 Å². The van der Waals surface area contributed by atoms with Crippen LogP contribution in [0, 0.1) is 5.92 Å². The predicted molar refractivity (Wildman–Crippen MR) is 75.3 cm³/mol. The van der Waals surface area contributed by atoms with Crippen molar-refractivity contribution in [1.82, 2.24) is 5.32 Å². The van der Waals surface area contributed by atoms with Crippen molar-refractivity contribution < 1.29 is 9.90 Å². The minimum atomic E-state index is -0.191. The first-order valence-corrected chi connectivity index (χ1v) is 6.74. The van der Waals surface area contributed by atoms with E-state index in [2.05, 4.69) is 5.32 Å². The Balaban J connectivity index is 1.78. The summed E-state index contributed by atoms with van der Waals surface area (Å²) in [4.78, 5) is 12.0. The first-order chi connectivity index (χ1) is 9.25. The van der Waals surface area contributed by atoms with Gasteiger partial charge in [0.05, 0.1) is 5.56 Å². The zero-order valence-corrected chi connectivity index (χ0v) is 10.7. The average molecular weight is 255 g/mol. The summed E-state index contributed by atoms with van der Waals surface area (Å²) in [5, 5.41) is 14.7. The van der Waals surface area contributed by atoms with E-state index in [9.17, 15) is 9.90 Å². The maximum absolute atomic E-state index is 12.0. The molecule has 0 aromatic heterocycles. The van der Waals surface area contributed by atoms with Gasteiger partial charge in [-0.25, -0.2) is 0 Å². The fourth-order valence-electron chi connectivity index (χ4n) is 2.33. The van der Waals surface area contributed by atoms with Crippen molar-refractivity contribution in [2.24, 2.45) is 5.92 Å². The molecule has 0 bridgehead atoms. The number of fused-ring (bicyclic) bond motifs is 1. The number of aromatic hydroxyl groups is 1. The molecular weight excluding hydrogens is 238 g/mol. The molecule has 3 nitrogen and oxygen atoms in total. The minimum absolute atomic E-state index is 0.0713. The number of rotatable bonds is 4. The van der Waals surface area contributed by atoms with Crippen LogP contribution in [0.5, 0.6) is 5.75 Å². The maximum atomic E-state index is 12.0. The number of hydrogen-bond acceptors (Lipinski definition) is 2. The molecule has 19 heavy (non-hydrogen) atoms. The van der Waals surface area contributed by atoms with E-state index < -0.39 is 0 Å². The Morgan fingerprint density at radius 1 is 1.21 bits per heavy atom. The van der Waals surface area contributed by atoms with Crippen LogP contribution >= 0.6 is 0 Å². The third kappa shape index (κ3) is 2.55. The lowest BCUT2D eigenvalue weighted by molar-refractivity contribution is 0.0950. The normalized spacial score (nSPS) is 14.5. The molecule has 0 unspecified atom stereocenters. The van der Waals surface area contributed by atoms with E-state index >= 15 is 0 Å². The Morgan fingerprint density at radius 3 is 2.79 bits per heavy atom. The molecule has 3 rings (SSSR count). The lowest BCUT2D eigenvalue weighted by Crippen LogP contribution is -2.24. The monoisotopic (exact) mass is 255 g/mol. The molecule has 2 N–H and O–H groups in total. The number of nitrogens with one attached hydrogen (secondary N) is 1. The van der Waals surface area contributed by atoms with Crippen molar-refractivity contribution in [2.45, 2.75) is 19.3 Å². The molecule has 0 aliphatic heterocycles. The van der Waals surface area contributed by atoms with Gasteiger partial charge in [-0.05, 0) is 23.8 Å². The second-order valence-electron chi connectivity index (χ2n) is 5.17. The van der Waals surface area contributed by atoms with Gasteiger partial charge in [0.2, 0.25) is 0 Å². The van der Waals surface area contributed by atoms with Gasteiger partial charge >= 0.3 is 0 Å². The summed E-state index contributed by atoms with van der Waals surface area (Å²) in [5.74, 6) is 0.677. The van der Waals surface area contributed by atoms with Crippen molar-refractivity contribution in [3.8, 4) is 5.75 Å². The molecular formula is C16H17NO2. The molecule has 0 atom stereocenters. The van der Waals surface area contributed by atoms with Crippen molar-refractivity contribution in [1.29, 1.82) is 0 Å². The highest BCUT2D eigenvalue weighted by Crippen LogP contribution is 2.32. The fourth-order valence-corrected chi connectivity index (χ4v) is 2.33. The summed E-state index contributed by atoms with van der Waals surface area (Å²) in [5.41, 5.74) is 0.356. The topological polar surface area (TPSA) is 49.3 Å². The maximum Gasteiger partial charge on any atom is 0.255 e. The van der Waals surface area contributed by atoms with E-state index in [0.717, 1.165) is 23.1 Å². The molecule has 2 aromatic rings. The van der Waals surface area contributed by atoms with Gasteiger partial charge in [0.1, 0.15) is 5.75 Å². The first kappa shape index (κ1) is 12.0. The SMILES string of the molecule is O=C(NCCC1CC1)c1ccc2ccccc2c1O. The van der Waals surface area contributed by atoms with Crippen LogP contribution in [-0.2, 0) is 0 Å². The van der Waals surface area contributed by atoms with Crippen LogP contribution in [0.3, 0.4) is 0 Å². The summed E-state index contributed by atoms with van der Waals surface area (Å²) in [6.45, 7) is 0.690. The highest BCUT2D eigenvalue weighted by atomic mass is 16.3. The van der Waals surface area contributed by atoms with Crippen molar-refractivity contribution in [3.05, 3.63) is 42.0 Å². The second kappa shape index (κ2) is 4.92. The van der Waals surface area contributed by atoms with E-state index in [0.29, 0.717) is 12.1 Å². The minimum Gasteiger partial charge on any atom is -0.506 e. The number of benzene rings is 2. The lowest BCUT2D eigenvalue weighted by atomic mass is 10.0. The number of phenolic OH excluding ortho intramolecular Hbond substituents is 1. The predicted octanol–water partition coefficient (Wildman–Crippen LogP) is 3.08. The number of hydrogen-bond donors (Lipinski definition) is 2. The zero-order valence-electron chi connectivity index (χ0n) is 10.7. The third-order valence-electron chi connectivity index (χ3n) is 3.68. The molecule has 0 saturated heterocycles. The van der Waals surface area contributed by atoms with Crippen molar-refractivity contribution in [2.75, 3.05) is 6.54 Å². The molecule has 1 aliphatic carbocycles. The van der Waals surface area contributed by atoms with Gasteiger partial charge in [0.15, 0.2) is 0 Å². The van der Waals surface area contributed by atoms with Crippen LogP contribution in [-0.4, -0.2) is 17.6 Å². The Morgan fingerprint density at radius 2 is 2.00 bits per heavy atom. The van der Waals surface area contributed by atoms with E-state index in [1.165, 1.54) is 12.8 Å². The van der Waals surface area contributed by atoms with E-state index in [1.807, 2.05) is 30.3 Å². The first-order valence-electron chi connectivity index (χ1n) is 6.74. The molecule has 0 spiro atoms. The third-order valence-corrected chi connectivity index (χ3v) is 3.68. The molecule has 0 heterocycles.